The summed E-state index contributed by atoms with van der Waals surface area (Å²) in [6.07, 6.45) is 0. The van der Waals surface area contributed by atoms with Crippen molar-refractivity contribution in [2.75, 3.05) is 19.8 Å². The summed E-state index contributed by atoms with van der Waals surface area (Å²) in [6, 6.07) is 4.64. The van der Waals surface area contributed by atoms with Crippen LogP contribution in [-0.2, 0) is 19.6 Å². The summed E-state index contributed by atoms with van der Waals surface area (Å²) in [4.78, 5) is 11.2. The van der Waals surface area contributed by atoms with E-state index in [4.69, 9.17) is 4.74 Å². The topological polar surface area (TPSA) is 81.7 Å². The fourth-order valence-corrected chi connectivity index (χ4v) is 3.06. The SMILES string of the molecule is CCOC(=O)CNS(=O)(=O)c1cc(Br)ccc1OCC. The average Bonchev–Trinajstić information content (AvgIpc) is 2.39. The highest BCUT2D eigenvalue weighted by molar-refractivity contribution is 9.10. The van der Waals surface area contributed by atoms with Gasteiger partial charge in [-0.25, -0.2) is 8.42 Å². The molecule has 0 saturated heterocycles. The standard InChI is InChI=1S/C12H16BrNO5S/c1-3-18-10-6-5-9(13)7-11(10)20(16,17)14-8-12(15)19-4-2/h5-7,14H,3-4,8H2,1-2H3. The number of halogens is 1. The summed E-state index contributed by atoms with van der Waals surface area (Å²) in [6.45, 7) is 3.51. The van der Waals surface area contributed by atoms with E-state index in [1.165, 1.54) is 6.07 Å². The molecule has 0 spiro atoms. The monoisotopic (exact) mass is 365 g/mol. The summed E-state index contributed by atoms with van der Waals surface area (Å²) >= 11 is 3.21. The van der Waals surface area contributed by atoms with E-state index in [0.29, 0.717) is 11.1 Å². The van der Waals surface area contributed by atoms with E-state index >= 15 is 0 Å². The van der Waals surface area contributed by atoms with Gasteiger partial charge in [-0.3, -0.25) is 4.79 Å². The Morgan fingerprint density at radius 3 is 2.60 bits per heavy atom. The minimum atomic E-state index is -3.85. The van der Waals surface area contributed by atoms with Gasteiger partial charge in [0.1, 0.15) is 17.2 Å². The van der Waals surface area contributed by atoms with Crippen LogP contribution in [0.25, 0.3) is 0 Å². The molecule has 20 heavy (non-hydrogen) atoms. The number of ether oxygens (including phenoxy) is 2. The summed E-state index contributed by atoms with van der Waals surface area (Å²) in [7, 11) is -3.85. The van der Waals surface area contributed by atoms with E-state index in [0.717, 1.165) is 0 Å². The maximum Gasteiger partial charge on any atom is 0.321 e. The Morgan fingerprint density at radius 1 is 1.30 bits per heavy atom. The first-order chi connectivity index (χ1) is 9.40. The third-order valence-corrected chi connectivity index (χ3v) is 4.12. The lowest BCUT2D eigenvalue weighted by atomic mass is 10.3. The number of hydrogen-bond donors (Lipinski definition) is 1. The Labute approximate surface area is 126 Å². The summed E-state index contributed by atoms with van der Waals surface area (Å²) < 4.78 is 37.1. The second kappa shape index (κ2) is 7.61. The van der Waals surface area contributed by atoms with Gasteiger partial charge in [0.15, 0.2) is 0 Å². The fraction of sp³-hybridized carbons (Fsp3) is 0.417. The van der Waals surface area contributed by atoms with Gasteiger partial charge in [-0.2, -0.15) is 4.72 Å². The second-order valence-corrected chi connectivity index (χ2v) is 6.30. The molecule has 0 heterocycles. The van der Waals surface area contributed by atoms with Gasteiger partial charge in [0.05, 0.1) is 13.2 Å². The largest absolute Gasteiger partial charge is 0.492 e. The van der Waals surface area contributed by atoms with Crippen molar-refractivity contribution in [1.82, 2.24) is 4.72 Å². The van der Waals surface area contributed by atoms with Crippen LogP contribution < -0.4 is 9.46 Å². The van der Waals surface area contributed by atoms with Crippen LogP contribution in [0.4, 0.5) is 0 Å². The highest BCUT2D eigenvalue weighted by atomic mass is 79.9. The molecule has 1 aromatic rings. The highest BCUT2D eigenvalue weighted by Gasteiger charge is 2.21. The van der Waals surface area contributed by atoms with Crippen molar-refractivity contribution in [2.24, 2.45) is 0 Å². The quantitative estimate of drug-likeness (QED) is 0.743. The van der Waals surface area contributed by atoms with E-state index in [-0.39, 0.29) is 17.3 Å². The van der Waals surface area contributed by atoms with Crippen molar-refractivity contribution < 1.29 is 22.7 Å². The smallest absolute Gasteiger partial charge is 0.321 e. The fourth-order valence-electron chi connectivity index (χ4n) is 1.41. The molecule has 0 fully saturated rings. The molecule has 1 N–H and O–H groups in total. The third kappa shape index (κ3) is 4.77. The van der Waals surface area contributed by atoms with E-state index in [9.17, 15) is 13.2 Å². The van der Waals surface area contributed by atoms with E-state index < -0.39 is 22.5 Å². The molecule has 0 atom stereocenters. The number of esters is 1. The molecule has 1 aromatic carbocycles. The molecule has 0 saturated carbocycles. The van der Waals surface area contributed by atoms with Crippen molar-refractivity contribution in [3.8, 4) is 5.75 Å². The molecule has 0 aromatic heterocycles. The number of benzene rings is 1. The Balaban J connectivity index is 2.96. The minimum absolute atomic E-state index is 0.0296. The average molecular weight is 366 g/mol. The van der Waals surface area contributed by atoms with Crippen LogP contribution in [0, 0.1) is 0 Å². The summed E-state index contributed by atoms with van der Waals surface area (Å²) in [5, 5.41) is 0. The number of carbonyl (C=O) groups excluding carboxylic acids is 1. The molecule has 8 heteroatoms. The number of rotatable bonds is 7. The molecule has 0 unspecified atom stereocenters. The molecule has 112 valence electrons. The van der Waals surface area contributed by atoms with Gasteiger partial charge in [0.2, 0.25) is 10.0 Å². The van der Waals surface area contributed by atoms with Crippen LogP contribution in [0.2, 0.25) is 0 Å². The first-order valence-corrected chi connectivity index (χ1v) is 8.26. The summed E-state index contributed by atoms with van der Waals surface area (Å²) in [5.74, 6) is -0.406. The molecule has 6 nitrogen and oxygen atoms in total. The van der Waals surface area contributed by atoms with Crippen molar-refractivity contribution in [2.45, 2.75) is 18.7 Å². The van der Waals surface area contributed by atoms with Gasteiger partial charge in [-0.05, 0) is 32.0 Å². The van der Waals surface area contributed by atoms with Crippen molar-refractivity contribution in [3.63, 3.8) is 0 Å². The highest BCUT2D eigenvalue weighted by Crippen LogP contribution is 2.27. The molecule has 0 bridgehead atoms. The molecule has 1 rings (SSSR count). The van der Waals surface area contributed by atoms with Gasteiger partial charge < -0.3 is 9.47 Å². The van der Waals surface area contributed by atoms with Gasteiger partial charge in [-0.15, -0.1) is 0 Å². The van der Waals surface area contributed by atoms with Crippen LogP contribution in [0.1, 0.15) is 13.8 Å². The molecule has 0 aliphatic heterocycles. The molecule has 0 aliphatic carbocycles. The predicted molar refractivity (Wildman–Crippen MR) is 77.1 cm³/mol. The Bertz CT molecular complexity index is 573. The lowest BCUT2D eigenvalue weighted by molar-refractivity contribution is -0.141. The van der Waals surface area contributed by atoms with Gasteiger partial charge in [0, 0.05) is 4.47 Å². The maximum atomic E-state index is 12.2. The Hall–Kier alpha value is -1.12. The van der Waals surface area contributed by atoms with Gasteiger partial charge >= 0.3 is 5.97 Å². The zero-order valence-electron chi connectivity index (χ0n) is 11.2. The maximum absolute atomic E-state index is 12.2. The van der Waals surface area contributed by atoms with E-state index in [1.807, 2.05) is 0 Å². The molecular weight excluding hydrogens is 350 g/mol. The van der Waals surface area contributed by atoms with Crippen LogP contribution in [-0.4, -0.2) is 34.1 Å². The number of nitrogens with one attached hydrogen (secondary N) is 1. The van der Waals surface area contributed by atoms with Crippen molar-refractivity contribution in [3.05, 3.63) is 22.7 Å². The first kappa shape index (κ1) is 16.9. The lowest BCUT2D eigenvalue weighted by Crippen LogP contribution is -2.31. The number of hydrogen-bond acceptors (Lipinski definition) is 5. The predicted octanol–water partition coefficient (Wildman–Crippen LogP) is 1.69. The van der Waals surface area contributed by atoms with Gasteiger partial charge in [0.25, 0.3) is 0 Å². The molecular formula is C12H16BrNO5S. The lowest BCUT2D eigenvalue weighted by Gasteiger charge is -2.12. The molecule has 0 radical (unpaired) electrons. The van der Waals surface area contributed by atoms with Crippen molar-refractivity contribution >= 4 is 31.9 Å². The number of carbonyl (C=O) groups is 1. The van der Waals surface area contributed by atoms with E-state index in [1.54, 1.807) is 26.0 Å². The zero-order valence-corrected chi connectivity index (χ0v) is 13.6. The van der Waals surface area contributed by atoms with E-state index in [2.05, 4.69) is 25.4 Å². The van der Waals surface area contributed by atoms with Crippen LogP contribution >= 0.6 is 15.9 Å². The first-order valence-electron chi connectivity index (χ1n) is 5.98. The van der Waals surface area contributed by atoms with Gasteiger partial charge in [-0.1, -0.05) is 15.9 Å². The summed E-state index contributed by atoms with van der Waals surface area (Å²) in [5.41, 5.74) is 0. The molecule has 0 amide bonds. The molecule has 0 aliphatic rings. The zero-order chi connectivity index (χ0) is 15.2. The van der Waals surface area contributed by atoms with Crippen LogP contribution in [0.15, 0.2) is 27.6 Å². The third-order valence-electron chi connectivity index (χ3n) is 2.21. The van der Waals surface area contributed by atoms with Crippen molar-refractivity contribution in [1.29, 1.82) is 0 Å². The number of sulfonamides is 1. The second-order valence-electron chi connectivity index (χ2n) is 3.65. The van der Waals surface area contributed by atoms with Crippen LogP contribution in [0.3, 0.4) is 0 Å². The Morgan fingerprint density at radius 2 is 2.00 bits per heavy atom. The van der Waals surface area contributed by atoms with Crippen LogP contribution in [0.5, 0.6) is 5.75 Å². The Kier molecular flexibility index (Phi) is 6.44. The minimum Gasteiger partial charge on any atom is -0.492 e. The normalized spacial score (nSPS) is 11.2.